The number of nitrogen functional groups attached to an aromatic ring is 1. The van der Waals surface area contributed by atoms with Crippen molar-refractivity contribution in [1.29, 1.82) is 0 Å². The number of carbonyl (C=O) groups is 1. The molecule has 0 spiro atoms. The summed E-state index contributed by atoms with van der Waals surface area (Å²) in [5, 5.41) is 3.93. The minimum Gasteiger partial charge on any atom is -0.396 e. The Morgan fingerprint density at radius 2 is 2.25 bits per heavy atom. The first-order valence-corrected chi connectivity index (χ1v) is 4.84. The van der Waals surface area contributed by atoms with Crippen LogP contribution >= 0.6 is 0 Å². The van der Waals surface area contributed by atoms with Crippen molar-refractivity contribution in [3.8, 4) is 0 Å². The molecule has 4 N–H and O–H groups in total. The van der Waals surface area contributed by atoms with E-state index in [0.29, 0.717) is 26.4 Å². The number of hydrogen-bond donors (Lipinski definition) is 2. The summed E-state index contributed by atoms with van der Waals surface area (Å²) in [6.45, 7) is 2.06. The quantitative estimate of drug-likeness (QED) is 0.596. The van der Waals surface area contributed by atoms with Crippen molar-refractivity contribution >= 4 is 11.6 Å². The maximum atomic E-state index is 10.9. The molecule has 0 saturated carbocycles. The molecule has 0 saturated heterocycles. The average molecular weight is 228 g/mol. The minimum absolute atomic E-state index is 0.0943. The van der Waals surface area contributed by atoms with Gasteiger partial charge in [-0.1, -0.05) is 0 Å². The van der Waals surface area contributed by atoms with E-state index in [1.165, 1.54) is 4.68 Å². The van der Waals surface area contributed by atoms with Crippen LogP contribution in [0.4, 0.5) is 5.69 Å². The largest absolute Gasteiger partial charge is 0.396 e. The summed E-state index contributed by atoms with van der Waals surface area (Å²) in [6, 6.07) is 0. The van der Waals surface area contributed by atoms with Gasteiger partial charge in [-0.15, -0.1) is 0 Å². The van der Waals surface area contributed by atoms with E-state index in [2.05, 4.69) is 5.10 Å². The monoisotopic (exact) mass is 228 g/mol. The summed E-state index contributed by atoms with van der Waals surface area (Å²) in [5.74, 6) is -0.628. The van der Waals surface area contributed by atoms with E-state index in [4.69, 9.17) is 20.9 Å². The Balaban J connectivity index is 2.37. The Morgan fingerprint density at radius 3 is 2.81 bits per heavy atom. The highest BCUT2D eigenvalue weighted by molar-refractivity contribution is 5.95. The zero-order valence-corrected chi connectivity index (χ0v) is 9.18. The van der Waals surface area contributed by atoms with Crippen LogP contribution in [0.15, 0.2) is 6.20 Å². The SMILES string of the molecule is COCCOCCn1cc(N)c(C(N)=O)n1. The summed E-state index contributed by atoms with van der Waals surface area (Å²) < 4.78 is 11.6. The standard InChI is InChI=1S/C9H16N4O3/c1-15-4-5-16-3-2-13-6-7(10)8(12-13)9(11)14/h6H,2-5,10H2,1H3,(H2,11,14). The van der Waals surface area contributed by atoms with Gasteiger partial charge in [0, 0.05) is 13.3 Å². The number of amides is 1. The molecule has 0 aliphatic carbocycles. The predicted molar refractivity (Wildman–Crippen MR) is 57.9 cm³/mol. The fourth-order valence-electron chi connectivity index (χ4n) is 1.15. The topological polar surface area (TPSA) is 105 Å². The van der Waals surface area contributed by atoms with Crippen molar-refractivity contribution in [1.82, 2.24) is 9.78 Å². The van der Waals surface area contributed by atoms with Crippen LogP contribution in [-0.2, 0) is 16.0 Å². The Morgan fingerprint density at radius 1 is 1.50 bits per heavy atom. The van der Waals surface area contributed by atoms with E-state index >= 15 is 0 Å². The molecular weight excluding hydrogens is 212 g/mol. The van der Waals surface area contributed by atoms with Crippen molar-refractivity contribution in [3.63, 3.8) is 0 Å². The van der Waals surface area contributed by atoms with Gasteiger partial charge in [0.15, 0.2) is 5.69 Å². The molecule has 0 aromatic carbocycles. The number of methoxy groups -OCH3 is 1. The van der Waals surface area contributed by atoms with Gasteiger partial charge in [0.2, 0.25) is 0 Å². The molecule has 90 valence electrons. The van der Waals surface area contributed by atoms with Crippen molar-refractivity contribution < 1.29 is 14.3 Å². The highest BCUT2D eigenvalue weighted by atomic mass is 16.5. The summed E-state index contributed by atoms with van der Waals surface area (Å²) >= 11 is 0. The first kappa shape index (κ1) is 12.5. The number of primary amides is 1. The second-order valence-electron chi connectivity index (χ2n) is 3.17. The third-order valence-corrected chi connectivity index (χ3v) is 1.92. The van der Waals surface area contributed by atoms with Crippen LogP contribution in [0.3, 0.4) is 0 Å². The van der Waals surface area contributed by atoms with Crippen molar-refractivity contribution in [2.75, 3.05) is 32.7 Å². The Kier molecular flexibility index (Phi) is 4.74. The number of carbonyl (C=O) groups excluding carboxylic acids is 1. The van der Waals surface area contributed by atoms with Crippen LogP contribution in [0.1, 0.15) is 10.5 Å². The van der Waals surface area contributed by atoms with Gasteiger partial charge in [-0.3, -0.25) is 9.48 Å². The Labute approximate surface area is 93.3 Å². The summed E-state index contributed by atoms with van der Waals surface area (Å²) in [5.41, 5.74) is 11.0. The molecular formula is C9H16N4O3. The molecule has 1 amide bonds. The highest BCUT2D eigenvalue weighted by Crippen LogP contribution is 2.07. The van der Waals surface area contributed by atoms with Gasteiger partial charge >= 0.3 is 0 Å². The van der Waals surface area contributed by atoms with Crippen LogP contribution in [-0.4, -0.2) is 42.6 Å². The van der Waals surface area contributed by atoms with Gasteiger partial charge < -0.3 is 20.9 Å². The molecule has 0 aliphatic rings. The van der Waals surface area contributed by atoms with Gasteiger partial charge in [-0.25, -0.2) is 0 Å². The van der Waals surface area contributed by atoms with Crippen LogP contribution in [0, 0.1) is 0 Å². The van der Waals surface area contributed by atoms with Crippen LogP contribution in [0.2, 0.25) is 0 Å². The third kappa shape index (κ3) is 3.52. The maximum absolute atomic E-state index is 10.9. The molecule has 1 heterocycles. The molecule has 16 heavy (non-hydrogen) atoms. The molecule has 7 nitrogen and oxygen atoms in total. The third-order valence-electron chi connectivity index (χ3n) is 1.92. The summed E-state index contributed by atoms with van der Waals surface area (Å²) in [4.78, 5) is 10.9. The molecule has 1 aromatic heterocycles. The molecule has 0 unspecified atom stereocenters. The number of ether oxygens (including phenoxy) is 2. The fourth-order valence-corrected chi connectivity index (χ4v) is 1.15. The zero-order valence-electron chi connectivity index (χ0n) is 9.18. The Hall–Kier alpha value is -1.60. The lowest BCUT2D eigenvalue weighted by Gasteiger charge is -2.03. The normalized spacial score (nSPS) is 10.6. The lowest BCUT2D eigenvalue weighted by molar-refractivity contribution is 0.0653. The van der Waals surface area contributed by atoms with Crippen molar-refractivity contribution in [2.45, 2.75) is 6.54 Å². The number of hydrogen-bond acceptors (Lipinski definition) is 5. The van der Waals surface area contributed by atoms with E-state index in [-0.39, 0.29) is 11.4 Å². The van der Waals surface area contributed by atoms with Gasteiger partial charge in [0.1, 0.15) is 0 Å². The molecule has 1 aromatic rings. The van der Waals surface area contributed by atoms with Gasteiger partial charge in [0.25, 0.3) is 5.91 Å². The average Bonchev–Trinajstić information content (AvgIpc) is 2.59. The maximum Gasteiger partial charge on any atom is 0.271 e. The second-order valence-corrected chi connectivity index (χ2v) is 3.17. The first-order chi connectivity index (χ1) is 7.65. The second kappa shape index (κ2) is 6.09. The molecule has 1 rings (SSSR count). The summed E-state index contributed by atoms with van der Waals surface area (Å²) in [7, 11) is 1.61. The molecule has 0 aliphatic heterocycles. The van der Waals surface area contributed by atoms with Gasteiger partial charge in [0.05, 0.1) is 32.1 Å². The summed E-state index contributed by atoms with van der Waals surface area (Å²) in [6.07, 6.45) is 1.56. The van der Waals surface area contributed by atoms with Gasteiger partial charge in [-0.2, -0.15) is 5.10 Å². The number of nitrogens with zero attached hydrogens (tertiary/aromatic N) is 2. The van der Waals surface area contributed by atoms with Crippen molar-refractivity contribution in [3.05, 3.63) is 11.9 Å². The van der Waals surface area contributed by atoms with E-state index in [1.54, 1.807) is 13.3 Å². The van der Waals surface area contributed by atoms with Crippen LogP contribution < -0.4 is 11.5 Å². The van der Waals surface area contributed by atoms with Gasteiger partial charge in [-0.05, 0) is 0 Å². The molecule has 0 radical (unpaired) electrons. The molecule has 0 bridgehead atoms. The molecule has 0 fully saturated rings. The predicted octanol–water partition coefficient (Wildman–Crippen LogP) is -0.773. The fraction of sp³-hybridized carbons (Fsp3) is 0.556. The van der Waals surface area contributed by atoms with Crippen molar-refractivity contribution in [2.24, 2.45) is 5.73 Å². The lowest BCUT2D eigenvalue weighted by Crippen LogP contribution is -2.15. The van der Waals surface area contributed by atoms with E-state index in [0.717, 1.165) is 0 Å². The first-order valence-electron chi connectivity index (χ1n) is 4.84. The molecule has 7 heteroatoms. The number of anilines is 1. The lowest BCUT2D eigenvalue weighted by atomic mass is 10.4. The van der Waals surface area contributed by atoms with E-state index in [1.807, 2.05) is 0 Å². The minimum atomic E-state index is -0.628. The van der Waals surface area contributed by atoms with Crippen LogP contribution in [0.25, 0.3) is 0 Å². The van der Waals surface area contributed by atoms with E-state index < -0.39 is 5.91 Å². The Bertz CT molecular complexity index is 351. The van der Waals surface area contributed by atoms with E-state index in [9.17, 15) is 4.79 Å². The zero-order chi connectivity index (χ0) is 12.0. The smallest absolute Gasteiger partial charge is 0.271 e. The molecule has 0 atom stereocenters. The highest BCUT2D eigenvalue weighted by Gasteiger charge is 2.10. The number of rotatable bonds is 7. The number of nitrogens with two attached hydrogens (primary N) is 2. The van der Waals surface area contributed by atoms with Crippen LogP contribution in [0.5, 0.6) is 0 Å². The number of aromatic nitrogens is 2.